The molecule has 0 saturated carbocycles. The van der Waals surface area contributed by atoms with E-state index in [-0.39, 0.29) is 12.5 Å². The number of piperidine rings is 1. The minimum absolute atomic E-state index is 0.0190. The van der Waals surface area contributed by atoms with Crippen LogP contribution in [0.5, 0.6) is 0 Å². The Morgan fingerprint density at radius 1 is 1.56 bits per heavy atom. The second-order valence-electron chi connectivity index (χ2n) is 4.68. The molecule has 4 nitrogen and oxygen atoms in total. The number of amides is 1. The van der Waals surface area contributed by atoms with Crippen LogP contribution in [0.25, 0.3) is 0 Å². The summed E-state index contributed by atoms with van der Waals surface area (Å²) in [5, 5.41) is 2.84. The Balaban J connectivity index is 2.00. The first-order valence-electron chi connectivity index (χ1n) is 6.20. The molecule has 0 radical (unpaired) electrons. The number of carbonyl (C=O) groups is 1. The van der Waals surface area contributed by atoms with Crippen molar-refractivity contribution in [2.45, 2.75) is 26.2 Å². The molecule has 1 heterocycles. The summed E-state index contributed by atoms with van der Waals surface area (Å²) in [7, 11) is 1.54. The standard InChI is InChI=1S/C12H24N2O2/c1-11-5-3-7-14(9-11)8-4-6-13-12(15)10-16-2/h11H,3-10H2,1-2H3,(H,13,15)/t11-/m1/s1. The van der Waals surface area contributed by atoms with E-state index in [1.807, 2.05) is 0 Å². The highest BCUT2D eigenvalue weighted by Crippen LogP contribution is 2.15. The van der Waals surface area contributed by atoms with Crippen molar-refractivity contribution < 1.29 is 9.53 Å². The number of ether oxygens (including phenoxy) is 1. The first-order valence-corrected chi connectivity index (χ1v) is 6.20. The van der Waals surface area contributed by atoms with Gasteiger partial charge in [0.2, 0.25) is 5.91 Å². The average molecular weight is 228 g/mol. The fraction of sp³-hybridized carbons (Fsp3) is 0.917. The van der Waals surface area contributed by atoms with Crippen molar-refractivity contribution in [2.24, 2.45) is 5.92 Å². The molecule has 0 aromatic heterocycles. The molecule has 16 heavy (non-hydrogen) atoms. The number of nitrogens with one attached hydrogen (secondary N) is 1. The van der Waals surface area contributed by atoms with Gasteiger partial charge in [0, 0.05) is 20.2 Å². The Labute approximate surface area is 98.3 Å². The van der Waals surface area contributed by atoms with E-state index in [1.165, 1.54) is 33.0 Å². The zero-order valence-corrected chi connectivity index (χ0v) is 10.5. The van der Waals surface area contributed by atoms with Crippen molar-refractivity contribution >= 4 is 5.91 Å². The molecule has 1 aliphatic heterocycles. The topological polar surface area (TPSA) is 41.6 Å². The normalized spacial score (nSPS) is 22.0. The summed E-state index contributed by atoms with van der Waals surface area (Å²) < 4.78 is 4.74. The molecule has 0 aromatic carbocycles. The molecule has 1 atom stereocenters. The second-order valence-corrected chi connectivity index (χ2v) is 4.68. The van der Waals surface area contributed by atoms with Crippen LogP contribution in [0.3, 0.4) is 0 Å². The molecule has 1 aliphatic rings. The maximum absolute atomic E-state index is 11.1. The van der Waals surface area contributed by atoms with Crippen LogP contribution >= 0.6 is 0 Å². The van der Waals surface area contributed by atoms with E-state index in [1.54, 1.807) is 0 Å². The maximum Gasteiger partial charge on any atom is 0.245 e. The number of carbonyl (C=O) groups excluding carboxylic acids is 1. The Morgan fingerprint density at radius 3 is 3.06 bits per heavy atom. The Bertz CT molecular complexity index is 209. The van der Waals surface area contributed by atoms with Gasteiger partial charge in [-0.3, -0.25) is 4.79 Å². The number of nitrogens with zero attached hydrogens (tertiary/aromatic N) is 1. The molecule has 1 fully saturated rings. The summed E-state index contributed by atoms with van der Waals surface area (Å²) >= 11 is 0. The lowest BCUT2D eigenvalue weighted by Crippen LogP contribution is -2.37. The van der Waals surface area contributed by atoms with Crippen LogP contribution in [0.4, 0.5) is 0 Å². The third kappa shape index (κ3) is 5.47. The van der Waals surface area contributed by atoms with Crippen molar-refractivity contribution in [1.29, 1.82) is 0 Å². The zero-order chi connectivity index (χ0) is 11.8. The van der Waals surface area contributed by atoms with Gasteiger partial charge in [-0.25, -0.2) is 0 Å². The monoisotopic (exact) mass is 228 g/mol. The number of hydrogen-bond acceptors (Lipinski definition) is 3. The van der Waals surface area contributed by atoms with E-state index in [0.29, 0.717) is 0 Å². The van der Waals surface area contributed by atoms with Crippen molar-refractivity contribution in [3.05, 3.63) is 0 Å². The summed E-state index contributed by atoms with van der Waals surface area (Å²) in [6.07, 6.45) is 3.71. The zero-order valence-electron chi connectivity index (χ0n) is 10.5. The van der Waals surface area contributed by atoms with Crippen LogP contribution in [0, 0.1) is 5.92 Å². The smallest absolute Gasteiger partial charge is 0.245 e. The van der Waals surface area contributed by atoms with E-state index in [9.17, 15) is 4.79 Å². The van der Waals surface area contributed by atoms with Gasteiger partial charge in [-0.2, -0.15) is 0 Å². The summed E-state index contributed by atoms with van der Waals surface area (Å²) in [4.78, 5) is 13.6. The lowest BCUT2D eigenvalue weighted by atomic mass is 10.0. The molecule has 0 aromatic rings. The summed E-state index contributed by atoms with van der Waals surface area (Å²) in [5.41, 5.74) is 0. The molecule has 1 amide bonds. The summed E-state index contributed by atoms with van der Waals surface area (Å²) in [5.74, 6) is 0.811. The van der Waals surface area contributed by atoms with Gasteiger partial charge in [-0.05, 0) is 38.3 Å². The number of likely N-dealkylation sites (tertiary alicyclic amines) is 1. The first-order chi connectivity index (χ1) is 7.72. The van der Waals surface area contributed by atoms with Gasteiger partial charge in [0.05, 0.1) is 0 Å². The molecular formula is C12H24N2O2. The van der Waals surface area contributed by atoms with Crippen LogP contribution in [0.2, 0.25) is 0 Å². The number of rotatable bonds is 6. The SMILES string of the molecule is COCC(=O)NCCCN1CCC[C@@H](C)C1. The molecule has 0 spiro atoms. The van der Waals surface area contributed by atoms with Crippen molar-refractivity contribution in [3.8, 4) is 0 Å². The largest absolute Gasteiger partial charge is 0.375 e. The lowest BCUT2D eigenvalue weighted by molar-refractivity contribution is -0.124. The fourth-order valence-electron chi connectivity index (χ4n) is 2.20. The van der Waals surface area contributed by atoms with E-state index in [4.69, 9.17) is 4.74 Å². The van der Waals surface area contributed by atoms with E-state index in [2.05, 4.69) is 17.1 Å². The molecular weight excluding hydrogens is 204 g/mol. The van der Waals surface area contributed by atoms with Gasteiger partial charge in [-0.15, -0.1) is 0 Å². The predicted octanol–water partition coefficient (Wildman–Crippen LogP) is 0.871. The van der Waals surface area contributed by atoms with Gasteiger partial charge in [0.25, 0.3) is 0 Å². The lowest BCUT2D eigenvalue weighted by Gasteiger charge is -2.30. The molecule has 1 saturated heterocycles. The number of methoxy groups -OCH3 is 1. The fourth-order valence-corrected chi connectivity index (χ4v) is 2.20. The highest BCUT2D eigenvalue weighted by Gasteiger charge is 2.15. The minimum atomic E-state index is -0.0190. The first kappa shape index (κ1) is 13.5. The Hall–Kier alpha value is -0.610. The predicted molar refractivity (Wildman–Crippen MR) is 64.3 cm³/mol. The maximum atomic E-state index is 11.1. The third-order valence-electron chi connectivity index (χ3n) is 2.99. The van der Waals surface area contributed by atoms with Gasteiger partial charge in [0.1, 0.15) is 6.61 Å². The molecule has 1 rings (SSSR count). The molecule has 4 heteroatoms. The highest BCUT2D eigenvalue weighted by molar-refractivity contribution is 5.77. The summed E-state index contributed by atoms with van der Waals surface area (Å²) in [6, 6.07) is 0. The van der Waals surface area contributed by atoms with Crippen LogP contribution < -0.4 is 5.32 Å². The third-order valence-corrected chi connectivity index (χ3v) is 2.99. The Kier molecular flexibility index (Phi) is 6.42. The van der Waals surface area contributed by atoms with Crippen LogP contribution in [0.1, 0.15) is 26.2 Å². The average Bonchev–Trinajstić information content (AvgIpc) is 2.25. The van der Waals surface area contributed by atoms with Crippen molar-refractivity contribution in [1.82, 2.24) is 10.2 Å². The highest BCUT2D eigenvalue weighted by atomic mass is 16.5. The second kappa shape index (κ2) is 7.63. The van der Waals surface area contributed by atoms with Gasteiger partial charge >= 0.3 is 0 Å². The van der Waals surface area contributed by atoms with Gasteiger partial charge in [-0.1, -0.05) is 6.92 Å². The van der Waals surface area contributed by atoms with Gasteiger partial charge in [0.15, 0.2) is 0 Å². The van der Waals surface area contributed by atoms with Crippen LogP contribution in [-0.2, 0) is 9.53 Å². The molecule has 0 unspecified atom stereocenters. The molecule has 0 aliphatic carbocycles. The molecule has 1 N–H and O–H groups in total. The number of hydrogen-bond donors (Lipinski definition) is 1. The summed E-state index contributed by atoms with van der Waals surface area (Å²) in [6.45, 7) is 6.76. The van der Waals surface area contributed by atoms with Crippen molar-refractivity contribution in [2.75, 3.05) is 39.9 Å². The minimum Gasteiger partial charge on any atom is -0.375 e. The quantitative estimate of drug-likeness (QED) is 0.686. The van der Waals surface area contributed by atoms with Crippen LogP contribution in [0.15, 0.2) is 0 Å². The Morgan fingerprint density at radius 2 is 2.38 bits per heavy atom. The van der Waals surface area contributed by atoms with Crippen LogP contribution in [-0.4, -0.2) is 50.7 Å². The molecule has 94 valence electrons. The van der Waals surface area contributed by atoms with E-state index < -0.39 is 0 Å². The van der Waals surface area contributed by atoms with Crippen molar-refractivity contribution in [3.63, 3.8) is 0 Å². The van der Waals surface area contributed by atoms with Gasteiger partial charge < -0.3 is 15.0 Å². The van der Waals surface area contributed by atoms with E-state index in [0.717, 1.165) is 25.4 Å². The molecule has 0 bridgehead atoms. The van der Waals surface area contributed by atoms with E-state index >= 15 is 0 Å².